The van der Waals surface area contributed by atoms with E-state index in [9.17, 15) is 10.2 Å². The van der Waals surface area contributed by atoms with E-state index in [1.165, 1.54) is 83.7 Å². The predicted octanol–water partition coefficient (Wildman–Crippen LogP) is 6.79. The van der Waals surface area contributed by atoms with Crippen molar-refractivity contribution >= 4 is 0 Å². The molecule has 0 amide bonds. The maximum atomic E-state index is 10.4. The Balaban J connectivity index is 0.000000344. The summed E-state index contributed by atoms with van der Waals surface area (Å²) < 4.78 is 0. The molecule has 0 radical (unpaired) electrons. The highest BCUT2D eigenvalue weighted by Crippen LogP contribution is 2.50. The first-order chi connectivity index (χ1) is 15.6. The molecule has 32 heavy (non-hydrogen) atoms. The Labute approximate surface area is 199 Å². The normalized spacial score (nSPS) is 30.1. The molecule has 0 unspecified atom stereocenters. The zero-order valence-corrected chi connectivity index (χ0v) is 21.4. The minimum absolute atomic E-state index is 0.200. The van der Waals surface area contributed by atoms with Crippen molar-refractivity contribution in [3.05, 3.63) is 23.8 Å². The fourth-order valence-electron chi connectivity index (χ4n) is 5.88. The van der Waals surface area contributed by atoms with Gasteiger partial charge in [-0.25, -0.2) is 0 Å². The molecule has 3 aliphatic carbocycles. The fourth-order valence-corrected chi connectivity index (χ4v) is 5.88. The van der Waals surface area contributed by atoms with Crippen molar-refractivity contribution < 1.29 is 10.2 Å². The van der Waals surface area contributed by atoms with Crippen molar-refractivity contribution in [2.75, 3.05) is 13.1 Å². The van der Waals surface area contributed by atoms with Gasteiger partial charge in [0.25, 0.3) is 0 Å². The molecule has 3 nitrogen and oxygen atoms in total. The van der Waals surface area contributed by atoms with Crippen LogP contribution in [0.1, 0.15) is 111 Å². The summed E-state index contributed by atoms with van der Waals surface area (Å²) in [5.41, 5.74) is 1.62. The van der Waals surface area contributed by atoms with Crippen LogP contribution >= 0.6 is 0 Å². The van der Waals surface area contributed by atoms with Gasteiger partial charge in [0.1, 0.15) is 0 Å². The zero-order chi connectivity index (χ0) is 23.2. The first-order valence-corrected chi connectivity index (χ1v) is 14.0. The maximum absolute atomic E-state index is 10.4. The summed E-state index contributed by atoms with van der Waals surface area (Å²) in [7, 11) is 0. The minimum atomic E-state index is -0.301. The molecule has 3 aliphatic rings. The lowest BCUT2D eigenvalue weighted by molar-refractivity contribution is 0.135. The van der Waals surface area contributed by atoms with Crippen LogP contribution in [0.25, 0.3) is 0 Å². The SMILES string of the molecule is CCCCC=C1C[C@H]2C[C@@H](O)[C@H](C=C[C@@H](O)C3CCCC3)[C@H]2C1.CCCCNCCCC. The largest absolute Gasteiger partial charge is 0.392 e. The van der Waals surface area contributed by atoms with Crippen LogP contribution in [0.4, 0.5) is 0 Å². The number of rotatable bonds is 12. The lowest BCUT2D eigenvalue weighted by Crippen LogP contribution is -2.19. The van der Waals surface area contributed by atoms with E-state index >= 15 is 0 Å². The quantitative estimate of drug-likeness (QED) is 0.228. The first kappa shape index (κ1) is 27.6. The number of aliphatic hydroxyl groups excluding tert-OH is 2. The smallest absolute Gasteiger partial charge is 0.0749 e. The topological polar surface area (TPSA) is 52.5 Å². The van der Waals surface area contributed by atoms with Gasteiger partial charge in [0.15, 0.2) is 0 Å². The summed E-state index contributed by atoms with van der Waals surface area (Å²) in [4.78, 5) is 0. The molecular formula is C29H53NO2. The van der Waals surface area contributed by atoms with Crippen LogP contribution in [0.5, 0.6) is 0 Å². The molecule has 0 aromatic rings. The van der Waals surface area contributed by atoms with Crippen LogP contribution in [0, 0.1) is 23.7 Å². The third kappa shape index (κ3) is 9.31. The van der Waals surface area contributed by atoms with Crippen LogP contribution in [-0.2, 0) is 0 Å². The fraction of sp³-hybridized carbons (Fsp3) is 0.862. The summed E-state index contributed by atoms with van der Waals surface area (Å²) in [5.74, 6) is 1.97. The zero-order valence-electron chi connectivity index (χ0n) is 21.4. The lowest BCUT2D eigenvalue weighted by Gasteiger charge is -2.19. The van der Waals surface area contributed by atoms with E-state index in [1.54, 1.807) is 5.57 Å². The molecule has 0 aromatic carbocycles. The van der Waals surface area contributed by atoms with Crippen LogP contribution in [0.2, 0.25) is 0 Å². The summed E-state index contributed by atoms with van der Waals surface area (Å²) in [6.07, 6.45) is 23.3. The Bertz CT molecular complexity index is 531. The van der Waals surface area contributed by atoms with Gasteiger partial charge in [-0.3, -0.25) is 0 Å². The second kappa shape index (κ2) is 16.1. The highest BCUT2D eigenvalue weighted by molar-refractivity contribution is 5.18. The summed E-state index contributed by atoms with van der Waals surface area (Å²) in [5, 5.41) is 24.2. The number of allylic oxidation sites excluding steroid dienone is 2. The summed E-state index contributed by atoms with van der Waals surface area (Å²) >= 11 is 0. The van der Waals surface area contributed by atoms with Crippen LogP contribution < -0.4 is 5.32 Å². The van der Waals surface area contributed by atoms with Crippen molar-refractivity contribution in [1.29, 1.82) is 0 Å². The maximum Gasteiger partial charge on any atom is 0.0749 e. The molecule has 3 rings (SSSR count). The highest BCUT2D eigenvalue weighted by atomic mass is 16.3. The van der Waals surface area contributed by atoms with E-state index in [1.807, 2.05) is 6.08 Å². The first-order valence-electron chi connectivity index (χ1n) is 14.0. The van der Waals surface area contributed by atoms with Gasteiger partial charge in [0.2, 0.25) is 0 Å². The highest BCUT2D eigenvalue weighted by Gasteiger charge is 2.45. The van der Waals surface area contributed by atoms with E-state index < -0.39 is 0 Å². The standard InChI is InChI=1S/C21H34O2.C8H19N/c1-2-3-4-7-15-12-17-14-21(23)18(19(17)13-15)10-11-20(22)16-8-5-6-9-16;1-3-5-7-9-8-6-4-2/h7,10-11,16-23H,2-6,8-9,12-14H2,1H3;9H,3-8H2,1-2H3/t17-,18+,19-,20+,21+;/m0./s1. The van der Waals surface area contributed by atoms with Crippen molar-refractivity contribution in [2.24, 2.45) is 23.7 Å². The van der Waals surface area contributed by atoms with Gasteiger partial charge in [-0.05, 0) is 82.2 Å². The Morgan fingerprint density at radius 2 is 1.62 bits per heavy atom. The molecule has 3 heteroatoms. The van der Waals surface area contributed by atoms with E-state index in [0.29, 0.717) is 17.8 Å². The van der Waals surface area contributed by atoms with Gasteiger partial charge in [-0.1, -0.05) is 83.1 Å². The average molecular weight is 448 g/mol. The third-order valence-electron chi connectivity index (χ3n) is 7.93. The molecule has 0 spiro atoms. The Morgan fingerprint density at radius 1 is 0.969 bits per heavy atom. The molecule has 3 N–H and O–H groups in total. The molecule has 0 saturated heterocycles. The number of fused-ring (bicyclic) bond motifs is 1. The van der Waals surface area contributed by atoms with Gasteiger partial charge in [-0.2, -0.15) is 0 Å². The second-order valence-electron chi connectivity index (χ2n) is 10.6. The van der Waals surface area contributed by atoms with Gasteiger partial charge in [0, 0.05) is 5.92 Å². The van der Waals surface area contributed by atoms with Crippen molar-refractivity contribution in [2.45, 2.75) is 123 Å². The van der Waals surface area contributed by atoms with E-state index in [0.717, 1.165) is 19.3 Å². The van der Waals surface area contributed by atoms with Crippen molar-refractivity contribution in [1.82, 2.24) is 5.32 Å². The molecule has 0 aliphatic heterocycles. The predicted molar refractivity (Wildman–Crippen MR) is 138 cm³/mol. The third-order valence-corrected chi connectivity index (χ3v) is 7.93. The molecular weight excluding hydrogens is 394 g/mol. The monoisotopic (exact) mass is 447 g/mol. The number of hydrogen-bond donors (Lipinski definition) is 3. The number of unbranched alkanes of at least 4 members (excludes halogenated alkanes) is 4. The molecule has 186 valence electrons. The van der Waals surface area contributed by atoms with Crippen molar-refractivity contribution in [3.63, 3.8) is 0 Å². The Kier molecular flexibility index (Phi) is 13.9. The van der Waals surface area contributed by atoms with E-state index in [4.69, 9.17) is 0 Å². The van der Waals surface area contributed by atoms with Crippen LogP contribution in [-0.4, -0.2) is 35.5 Å². The van der Waals surface area contributed by atoms with Crippen molar-refractivity contribution in [3.8, 4) is 0 Å². The molecule has 5 atom stereocenters. The van der Waals surface area contributed by atoms with Crippen LogP contribution in [0.15, 0.2) is 23.8 Å². The van der Waals surface area contributed by atoms with E-state index in [2.05, 4.69) is 38.2 Å². The number of nitrogens with one attached hydrogen (secondary N) is 1. The van der Waals surface area contributed by atoms with Crippen LogP contribution in [0.3, 0.4) is 0 Å². The number of hydrogen-bond acceptors (Lipinski definition) is 3. The molecule has 0 bridgehead atoms. The Hall–Kier alpha value is -0.640. The van der Waals surface area contributed by atoms with Gasteiger partial charge < -0.3 is 15.5 Å². The second-order valence-corrected chi connectivity index (χ2v) is 10.6. The number of aliphatic hydroxyl groups is 2. The van der Waals surface area contributed by atoms with E-state index in [-0.39, 0.29) is 18.1 Å². The molecule has 0 heterocycles. The lowest BCUT2D eigenvalue weighted by atomic mass is 9.89. The summed E-state index contributed by atoms with van der Waals surface area (Å²) in [6.45, 7) is 9.10. The molecule has 3 saturated carbocycles. The van der Waals surface area contributed by atoms with Gasteiger partial charge in [0.05, 0.1) is 12.2 Å². The van der Waals surface area contributed by atoms with Gasteiger partial charge in [-0.15, -0.1) is 0 Å². The van der Waals surface area contributed by atoms with Gasteiger partial charge >= 0.3 is 0 Å². The molecule has 0 aromatic heterocycles. The summed E-state index contributed by atoms with van der Waals surface area (Å²) in [6, 6.07) is 0. The average Bonchev–Trinajstić information content (AvgIpc) is 3.50. The minimum Gasteiger partial charge on any atom is -0.392 e. The Morgan fingerprint density at radius 3 is 2.25 bits per heavy atom. The molecule has 3 fully saturated rings.